The number of hydrogen-bond acceptors (Lipinski definition) is 5. The molecule has 0 fully saturated rings. The summed E-state index contributed by atoms with van der Waals surface area (Å²) < 4.78 is 11.2. The minimum absolute atomic E-state index is 0.0407. The average molecular weight is 459 g/mol. The molecular weight excluding hydrogens is 430 g/mol. The zero-order chi connectivity index (χ0) is 23.2. The maximum Gasteiger partial charge on any atom is 0.342 e. The first kappa shape index (κ1) is 25.0. The van der Waals surface area contributed by atoms with Crippen LogP contribution in [-0.2, 0) is 26.0 Å². The molecule has 7 heteroatoms. The van der Waals surface area contributed by atoms with E-state index in [4.69, 9.17) is 20.8 Å². The third-order valence-electron chi connectivity index (χ3n) is 4.57. The first-order valence-corrected chi connectivity index (χ1v) is 12.9. The van der Waals surface area contributed by atoms with Gasteiger partial charge >= 0.3 is 5.97 Å². The average Bonchev–Trinajstić information content (AvgIpc) is 2.69. The van der Waals surface area contributed by atoms with Crippen LogP contribution in [0.5, 0.6) is 0 Å². The van der Waals surface area contributed by atoms with E-state index in [-0.39, 0.29) is 28.3 Å². The first-order valence-electron chi connectivity index (χ1n) is 10.2. The number of hydrogen-bond donors (Lipinski definition) is 0. The van der Waals surface area contributed by atoms with Gasteiger partial charge in [-0.15, -0.1) is 0 Å². The quantitative estimate of drug-likeness (QED) is 0.0975. The lowest BCUT2D eigenvalue weighted by atomic mass is 9.82. The lowest BCUT2D eigenvalue weighted by Crippen LogP contribution is -2.19. The second-order valence-electron chi connectivity index (χ2n) is 8.27. The molecule has 0 spiro atoms. The standard InChI is InChI=1S/C24H29ClNO4Si/c1-7-29-23(28)18(21(27)17-11-9-13-26-22(17)25)14-16-10-8-12-20(24(2,3)4)19(16)15-30-31(5)6/h8-14H,7,15H2,1-6H3/b18-14+. The number of aromatic nitrogens is 1. The summed E-state index contributed by atoms with van der Waals surface area (Å²) in [6.45, 7) is 12.7. The van der Waals surface area contributed by atoms with Gasteiger partial charge in [0.05, 0.1) is 18.8 Å². The van der Waals surface area contributed by atoms with Gasteiger partial charge in [0.2, 0.25) is 14.8 Å². The second kappa shape index (κ2) is 10.8. The number of nitrogens with zero attached hydrogens (tertiary/aromatic N) is 1. The van der Waals surface area contributed by atoms with Crippen LogP contribution in [0.4, 0.5) is 0 Å². The van der Waals surface area contributed by atoms with Crippen LogP contribution in [0.15, 0.2) is 42.1 Å². The Morgan fingerprint density at radius 2 is 1.87 bits per heavy atom. The van der Waals surface area contributed by atoms with Crippen LogP contribution < -0.4 is 0 Å². The predicted molar refractivity (Wildman–Crippen MR) is 126 cm³/mol. The van der Waals surface area contributed by atoms with Gasteiger partial charge in [0.25, 0.3) is 0 Å². The highest BCUT2D eigenvalue weighted by Gasteiger charge is 2.25. The van der Waals surface area contributed by atoms with E-state index in [1.54, 1.807) is 25.1 Å². The van der Waals surface area contributed by atoms with Gasteiger partial charge < -0.3 is 9.16 Å². The summed E-state index contributed by atoms with van der Waals surface area (Å²) in [6.07, 6.45) is 3.07. The maximum absolute atomic E-state index is 13.2. The molecule has 0 aliphatic heterocycles. The van der Waals surface area contributed by atoms with Crippen molar-refractivity contribution < 1.29 is 18.8 Å². The number of carbonyl (C=O) groups excluding carboxylic acids is 2. The van der Waals surface area contributed by atoms with E-state index in [0.717, 1.165) is 16.7 Å². The molecule has 0 unspecified atom stereocenters. The summed E-state index contributed by atoms with van der Waals surface area (Å²) >= 11 is 6.12. The van der Waals surface area contributed by atoms with Crippen molar-refractivity contribution in [3.05, 3.63) is 69.5 Å². The highest BCUT2D eigenvalue weighted by Crippen LogP contribution is 2.30. The fourth-order valence-corrected chi connectivity index (χ4v) is 3.74. The number of pyridine rings is 1. The third kappa shape index (κ3) is 6.60. The molecule has 1 heterocycles. The second-order valence-corrected chi connectivity index (χ2v) is 10.7. The van der Waals surface area contributed by atoms with Crippen LogP contribution in [-0.4, -0.2) is 32.4 Å². The Morgan fingerprint density at radius 1 is 1.16 bits per heavy atom. The molecule has 0 aliphatic carbocycles. The van der Waals surface area contributed by atoms with E-state index in [0.29, 0.717) is 6.61 Å². The van der Waals surface area contributed by atoms with Gasteiger partial charge in [-0.3, -0.25) is 4.79 Å². The Labute approximate surface area is 191 Å². The topological polar surface area (TPSA) is 65.5 Å². The summed E-state index contributed by atoms with van der Waals surface area (Å²) in [4.78, 5) is 29.9. The van der Waals surface area contributed by atoms with Crippen molar-refractivity contribution in [2.45, 2.75) is 52.8 Å². The third-order valence-corrected chi connectivity index (χ3v) is 5.59. The SMILES string of the molecule is CCOC(=O)/C(=C/c1cccc(C(C)(C)C)c1CO[Si](C)C)C(=O)c1cccnc1Cl. The summed E-state index contributed by atoms with van der Waals surface area (Å²) in [5.41, 5.74) is 2.71. The molecule has 31 heavy (non-hydrogen) atoms. The molecule has 165 valence electrons. The molecular formula is C24H29ClNO4Si. The van der Waals surface area contributed by atoms with Crippen molar-refractivity contribution >= 4 is 38.5 Å². The van der Waals surface area contributed by atoms with Gasteiger partial charge in [0.1, 0.15) is 10.7 Å². The molecule has 0 saturated heterocycles. The molecule has 1 radical (unpaired) electrons. The molecule has 0 N–H and O–H groups in total. The molecule has 0 atom stereocenters. The molecule has 5 nitrogen and oxygen atoms in total. The number of rotatable bonds is 8. The molecule has 0 amide bonds. The summed E-state index contributed by atoms with van der Waals surface area (Å²) in [5, 5.41) is 0.0407. The van der Waals surface area contributed by atoms with Gasteiger partial charge in [-0.25, -0.2) is 9.78 Å². The van der Waals surface area contributed by atoms with Gasteiger partial charge in [-0.2, -0.15) is 0 Å². The van der Waals surface area contributed by atoms with Crippen molar-refractivity contribution in [3.63, 3.8) is 0 Å². The normalized spacial score (nSPS) is 12.2. The Morgan fingerprint density at radius 3 is 2.45 bits per heavy atom. The van der Waals surface area contributed by atoms with E-state index >= 15 is 0 Å². The smallest absolute Gasteiger partial charge is 0.342 e. The number of ketones is 1. The van der Waals surface area contributed by atoms with Crippen molar-refractivity contribution in [1.82, 2.24) is 4.98 Å². The highest BCUT2D eigenvalue weighted by molar-refractivity contribution is 6.48. The molecule has 2 aromatic rings. The lowest BCUT2D eigenvalue weighted by molar-refractivity contribution is -0.137. The van der Waals surface area contributed by atoms with Crippen LogP contribution in [0, 0.1) is 0 Å². The van der Waals surface area contributed by atoms with Crippen LogP contribution in [0.3, 0.4) is 0 Å². The Kier molecular flexibility index (Phi) is 8.74. The molecule has 1 aromatic carbocycles. The van der Waals surface area contributed by atoms with Crippen LogP contribution in [0.2, 0.25) is 18.2 Å². The van der Waals surface area contributed by atoms with Crippen LogP contribution in [0.1, 0.15) is 54.7 Å². The monoisotopic (exact) mass is 458 g/mol. The number of carbonyl (C=O) groups is 2. The lowest BCUT2D eigenvalue weighted by Gasteiger charge is -2.25. The van der Waals surface area contributed by atoms with Gasteiger partial charge in [0, 0.05) is 6.20 Å². The van der Waals surface area contributed by atoms with E-state index in [1.807, 2.05) is 12.1 Å². The molecule has 2 rings (SSSR count). The van der Waals surface area contributed by atoms with Crippen molar-refractivity contribution in [1.29, 1.82) is 0 Å². The minimum atomic E-state index is -0.932. The molecule has 0 saturated carbocycles. The molecule has 1 aromatic heterocycles. The minimum Gasteiger partial charge on any atom is -0.462 e. The fraction of sp³-hybridized carbons (Fsp3) is 0.375. The van der Waals surface area contributed by atoms with E-state index in [9.17, 15) is 9.59 Å². The van der Waals surface area contributed by atoms with Crippen molar-refractivity contribution in [2.75, 3.05) is 6.61 Å². The Bertz CT molecular complexity index is 980. The summed E-state index contributed by atoms with van der Waals surface area (Å²) in [7, 11) is -0.932. The number of halogens is 1. The maximum atomic E-state index is 13.2. The van der Waals surface area contributed by atoms with Crippen molar-refractivity contribution in [2.24, 2.45) is 0 Å². The van der Waals surface area contributed by atoms with E-state index in [1.165, 1.54) is 6.20 Å². The van der Waals surface area contributed by atoms with Gasteiger partial charge in [0.15, 0.2) is 0 Å². The van der Waals surface area contributed by atoms with Crippen molar-refractivity contribution in [3.8, 4) is 0 Å². The number of esters is 1. The highest BCUT2D eigenvalue weighted by atomic mass is 35.5. The Balaban J connectivity index is 2.67. The van der Waals surface area contributed by atoms with E-state index in [2.05, 4.69) is 44.9 Å². The van der Waals surface area contributed by atoms with Crippen LogP contribution in [0.25, 0.3) is 6.08 Å². The zero-order valence-electron chi connectivity index (χ0n) is 18.9. The van der Waals surface area contributed by atoms with Crippen LogP contribution >= 0.6 is 11.6 Å². The van der Waals surface area contributed by atoms with Gasteiger partial charge in [-0.05, 0) is 60.3 Å². The fourth-order valence-electron chi connectivity index (χ4n) is 3.10. The largest absolute Gasteiger partial charge is 0.462 e. The van der Waals surface area contributed by atoms with E-state index < -0.39 is 20.8 Å². The zero-order valence-corrected chi connectivity index (χ0v) is 20.7. The Hall–Kier alpha value is -2.28. The predicted octanol–water partition coefficient (Wildman–Crippen LogP) is 5.63. The first-order chi connectivity index (χ1) is 14.6. The molecule has 0 aliphatic rings. The number of ether oxygens (including phenoxy) is 1. The number of benzene rings is 1. The summed E-state index contributed by atoms with van der Waals surface area (Å²) in [6, 6.07) is 9.00. The summed E-state index contributed by atoms with van der Waals surface area (Å²) in [5.74, 6) is -1.23. The van der Waals surface area contributed by atoms with Gasteiger partial charge in [-0.1, -0.05) is 50.6 Å². The molecule has 0 bridgehead atoms. The number of Topliss-reactive ketones (excluding diaryl/α,β-unsaturated/α-hetero) is 1.